The van der Waals surface area contributed by atoms with Gasteiger partial charge in [-0.3, -0.25) is 4.79 Å². The lowest BCUT2D eigenvalue weighted by atomic mass is 9.97. The van der Waals surface area contributed by atoms with Gasteiger partial charge in [0.2, 0.25) is 5.91 Å². The van der Waals surface area contributed by atoms with Crippen LogP contribution in [0.2, 0.25) is 0 Å². The summed E-state index contributed by atoms with van der Waals surface area (Å²) in [6.07, 6.45) is 3.24. The van der Waals surface area contributed by atoms with Crippen molar-refractivity contribution >= 4 is 5.91 Å². The molecule has 0 unspecified atom stereocenters. The van der Waals surface area contributed by atoms with Gasteiger partial charge >= 0.3 is 0 Å². The lowest BCUT2D eigenvalue weighted by Gasteiger charge is -2.29. The quantitative estimate of drug-likeness (QED) is 0.704. The molecule has 1 aliphatic heterocycles. The molecule has 1 aliphatic carbocycles. The number of carbonyl (C=O) groups is 1. The molecule has 1 heterocycles. The first kappa shape index (κ1) is 9.88. The summed E-state index contributed by atoms with van der Waals surface area (Å²) < 4.78 is 0. The highest BCUT2D eigenvalue weighted by atomic mass is 16.2. The number of rotatable bonds is 1. The van der Waals surface area contributed by atoms with Gasteiger partial charge in [0.1, 0.15) is 0 Å². The van der Waals surface area contributed by atoms with Gasteiger partial charge < -0.3 is 4.90 Å². The molecule has 16 heavy (non-hydrogen) atoms. The third-order valence-corrected chi connectivity index (χ3v) is 3.61. The molecule has 0 saturated heterocycles. The molecular formula is C14H17NO. The summed E-state index contributed by atoms with van der Waals surface area (Å²) in [4.78, 5) is 14.0. The zero-order chi connectivity index (χ0) is 11.1. The predicted molar refractivity (Wildman–Crippen MR) is 63.0 cm³/mol. The number of hydrogen-bond donors (Lipinski definition) is 0. The van der Waals surface area contributed by atoms with Crippen molar-refractivity contribution in [2.75, 3.05) is 6.54 Å². The maximum Gasteiger partial charge on any atom is 0.225 e. The maximum atomic E-state index is 12.0. The molecule has 0 radical (unpaired) electrons. The van der Waals surface area contributed by atoms with Crippen LogP contribution in [-0.4, -0.2) is 17.4 Å². The van der Waals surface area contributed by atoms with E-state index < -0.39 is 0 Å². The minimum atomic E-state index is 0.353. The molecule has 0 N–H and O–H groups in total. The van der Waals surface area contributed by atoms with E-state index in [-0.39, 0.29) is 0 Å². The second kappa shape index (κ2) is 3.62. The zero-order valence-electron chi connectivity index (χ0n) is 9.70. The third kappa shape index (κ3) is 1.73. The highest BCUT2D eigenvalue weighted by molar-refractivity contribution is 5.81. The van der Waals surface area contributed by atoms with Gasteiger partial charge in [-0.05, 0) is 37.3 Å². The maximum absolute atomic E-state index is 12.0. The number of aryl methyl sites for hydroxylation is 1. The van der Waals surface area contributed by atoms with Gasteiger partial charge in [-0.15, -0.1) is 0 Å². The Kier molecular flexibility index (Phi) is 2.23. The van der Waals surface area contributed by atoms with E-state index in [0.29, 0.717) is 11.8 Å². The van der Waals surface area contributed by atoms with E-state index in [1.165, 1.54) is 16.7 Å². The predicted octanol–water partition coefficient (Wildman–Crippen LogP) is 2.29. The molecule has 2 heteroatoms. The molecule has 2 nitrogen and oxygen atoms in total. The summed E-state index contributed by atoms with van der Waals surface area (Å²) in [7, 11) is 0. The fourth-order valence-corrected chi connectivity index (χ4v) is 2.46. The molecular weight excluding hydrogens is 198 g/mol. The molecule has 1 aromatic carbocycles. The molecule has 0 aromatic heterocycles. The first-order chi connectivity index (χ1) is 7.74. The molecule has 0 bridgehead atoms. The van der Waals surface area contributed by atoms with Crippen LogP contribution < -0.4 is 0 Å². The molecule has 3 rings (SSSR count). The average Bonchev–Trinajstić information content (AvgIpc) is 3.11. The van der Waals surface area contributed by atoms with Gasteiger partial charge in [-0.2, -0.15) is 0 Å². The fourth-order valence-electron chi connectivity index (χ4n) is 2.46. The highest BCUT2D eigenvalue weighted by Gasteiger charge is 2.34. The molecule has 84 valence electrons. The minimum absolute atomic E-state index is 0.353. The molecule has 1 amide bonds. The minimum Gasteiger partial charge on any atom is -0.338 e. The summed E-state index contributed by atoms with van der Waals surface area (Å²) in [5.74, 6) is 0.735. The lowest BCUT2D eigenvalue weighted by Crippen LogP contribution is -2.36. The van der Waals surface area contributed by atoms with Crippen molar-refractivity contribution in [2.45, 2.75) is 32.7 Å². The van der Waals surface area contributed by atoms with Crippen LogP contribution in [0.15, 0.2) is 18.2 Å². The average molecular weight is 215 g/mol. The van der Waals surface area contributed by atoms with Crippen molar-refractivity contribution in [1.29, 1.82) is 0 Å². The van der Waals surface area contributed by atoms with E-state index in [4.69, 9.17) is 0 Å². The van der Waals surface area contributed by atoms with Gasteiger partial charge in [0.25, 0.3) is 0 Å². The van der Waals surface area contributed by atoms with Crippen molar-refractivity contribution in [3.8, 4) is 0 Å². The molecule has 1 fully saturated rings. The van der Waals surface area contributed by atoms with Crippen molar-refractivity contribution in [2.24, 2.45) is 5.92 Å². The number of carbonyl (C=O) groups excluding carboxylic acids is 1. The summed E-state index contributed by atoms with van der Waals surface area (Å²) in [6.45, 7) is 3.85. The van der Waals surface area contributed by atoms with E-state index >= 15 is 0 Å². The Balaban J connectivity index is 1.81. The van der Waals surface area contributed by atoms with E-state index in [1.54, 1.807) is 0 Å². The number of nitrogens with zero attached hydrogens (tertiary/aromatic N) is 1. The Morgan fingerprint density at radius 2 is 2.12 bits per heavy atom. The van der Waals surface area contributed by atoms with Gasteiger partial charge in [-0.25, -0.2) is 0 Å². The monoisotopic (exact) mass is 215 g/mol. The van der Waals surface area contributed by atoms with Crippen LogP contribution in [-0.2, 0) is 17.8 Å². The largest absolute Gasteiger partial charge is 0.338 e. The van der Waals surface area contributed by atoms with Gasteiger partial charge in [-0.1, -0.05) is 23.8 Å². The normalized spacial score (nSPS) is 19.4. The Morgan fingerprint density at radius 3 is 2.88 bits per heavy atom. The van der Waals surface area contributed by atoms with Gasteiger partial charge in [0.05, 0.1) is 0 Å². The van der Waals surface area contributed by atoms with E-state index in [9.17, 15) is 4.79 Å². The number of hydrogen-bond acceptors (Lipinski definition) is 1. The Morgan fingerprint density at radius 1 is 1.31 bits per heavy atom. The number of benzene rings is 1. The smallest absolute Gasteiger partial charge is 0.225 e. The van der Waals surface area contributed by atoms with Gasteiger partial charge in [0.15, 0.2) is 0 Å². The standard InChI is InChI=1S/C14H17NO/c1-10-2-3-11-6-7-15(9-13(11)8-10)14(16)12-4-5-12/h2-3,8,12H,4-7,9H2,1H3. The van der Waals surface area contributed by atoms with Crippen molar-refractivity contribution < 1.29 is 4.79 Å². The molecule has 0 atom stereocenters. The molecule has 1 aromatic rings. The number of fused-ring (bicyclic) bond motifs is 1. The lowest BCUT2D eigenvalue weighted by molar-refractivity contribution is -0.133. The summed E-state index contributed by atoms with van der Waals surface area (Å²) in [5, 5.41) is 0. The van der Waals surface area contributed by atoms with Crippen LogP contribution in [0.1, 0.15) is 29.5 Å². The first-order valence-corrected chi connectivity index (χ1v) is 6.11. The summed E-state index contributed by atoms with van der Waals surface area (Å²) >= 11 is 0. The number of amides is 1. The van der Waals surface area contributed by atoms with Gasteiger partial charge in [0, 0.05) is 19.0 Å². The summed E-state index contributed by atoms with van der Waals surface area (Å²) in [6, 6.07) is 6.60. The highest BCUT2D eigenvalue weighted by Crippen LogP contribution is 2.32. The Labute approximate surface area is 96.3 Å². The SMILES string of the molecule is Cc1ccc2c(c1)CN(C(=O)C1CC1)CC2. The first-order valence-electron chi connectivity index (χ1n) is 6.11. The van der Waals surface area contributed by atoms with Crippen LogP contribution in [0.4, 0.5) is 0 Å². The molecule has 1 saturated carbocycles. The molecule has 2 aliphatic rings. The van der Waals surface area contributed by atoms with Crippen molar-refractivity contribution in [1.82, 2.24) is 4.90 Å². The molecule has 0 spiro atoms. The van der Waals surface area contributed by atoms with Crippen LogP contribution >= 0.6 is 0 Å². The zero-order valence-corrected chi connectivity index (χ0v) is 9.70. The van der Waals surface area contributed by atoms with Crippen LogP contribution in [0.3, 0.4) is 0 Å². The van der Waals surface area contributed by atoms with Crippen LogP contribution in [0.25, 0.3) is 0 Å². The second-order valence-electron chi connectivity index (χ2n) is 5.06. The van der Waals surface area contributed by atoms with E-state index in [2.05, 4.69) is 25.1 Å². The fraction of sp³-hybridized carbons (Fsp3) is 0.500. The van der Waals surface area contributed by atoms with E-state index in [0.717, 1.165) is 32.4 Å². The Hall–Kier alpha value is -1.31. The van der Waals surface area contributed by atoms with Crippen LogP contribution in [0, 0.1) is 12.8 Å². The topological polar surface area (TPSA) is 20.3 Å². The van der Waals surface area contributed by atoms with Crippen LogP contribution in [0.5, 0.6) is 0 Å². The Bertz CT molecular complexity index is 434. The summed E-state index contributed by atoms with van der Waals surface area (Å²) in [5.41, 5.74) is 4.06. The third-order valence-electron chi connectivity index (χ3n) is 3.61. The van der Waals surface area contributed by atoms with Crippen molar-refractivity contribution in [3.05, 3.63) is 34.9 Å². The van der Waals surface area contributed by atoms with E-state index in [1.807, 2.05) is 4.90 Å². The second-order valence-corrected chi connectivity index (χ2v) is 5.06. The van der Waals surface area contributed by atoms with Crippen molar-refractivity contribution in [3.63, 3.8) is 0 Å².